The average Bonchev–Trinajstić information content (AvgIpc) is 2.08. The molecule has 14 heavy (non-hydrogen) atoms. The number of carbonyl (C=O) groups is 1. The SMILES string of the molecule is CC(C)=CC(=O)c1ccc(Cl)c(Cl)c1. The summed E-state index contributed by atoms with van der Waals surface area (Å²) in [4.78, 5) is 11.5. The third-order valence-electron chi connectivity index (χ3n) is 1.62. The van der Waals surface area contributed by atoms with Crippen molar-refractivity contribution in [1.82, 2.24) is 0 Å². The zero-order chi connectivity index (χ0) is 10.7. The van der Waals surface area contributed by atoms with E-state index in [-0.39, 0.29) is 5.78 Å². The van der Waals surface area contributed by atoms with Crippen LogP contribution in [0.2, 0.25) is 10.0 Å². The predicted octanol–water partition coefficient (Wildman–Crippen LogP) is 4.14. The third kappa shape index (κ3) is 2.86. The number of allylic oxidation sites excluding steroid dienone is 2. The molecular formula is C11H10Cl2O. The maximum absolute atomic E-state index is 11.5. The number of hydrogen-bond acceptors (Lipinski definition) is 1. The molecule has 0 heterocycles. The van der Waals surface area contributed by atoms with E-state index >= 15 is 0 Å². The first-order chi connectivity index (χ1) is 6.50. The highest BCUT2D eigenvalue weighted by Crippen LogP contribution is 2.22. The Morgan fingerprint density at radius 2 is 1.86 bits per heavy atom. The Hall–Kier alpha value is -0.790. The van der Waals surface area contributed by atoms with Crippen molar-refractivity contribution in [2.45, 2.75) is 13.8 Å². The predicted molar refractivity (Wildman–Crippen MR) is 60.2 cm³/mol. The van der Waals surface area contributed by atoms with Gasteiger partial charge in [0.1, 0.15) is 0 Å². The minimum atomic E-state index is -0.0523. The first kappa shape index (κ1) is 11.3. The van der Waals surface area contributed by atoms with Gasteiger partial charge in [-0.1, -0.05) is 28.8 Å². The van der Waals surface area contributed by atoms with Gasteiger partial charge < -0.3 is 0 Å². The van der Waals surface area contributed by atoms with E-state index in [4.69, 9.17) is 23.2 Å². The van der Waals surface area contributed by atoms with E-state index in [2.05, 4.69) is 0 Å². The van der Waals surface area contributed by atoms with Gasteiger partial charge in [-0.05, 0) is 38.1 Å². The van der Waals surface area contributed by atoms with E-state index in [1.54, 1.807) is 24.3 Å². The Morgan fingerprint density at radius 3 is 2.36 bits per heavy atom. The Morgan fingerprint density at radius 1 is 1.21 bits per heavy atom. The van der Waals surface area contributed by atoms with Crippen molar-refractivity contribution in [1.29, 1.82) is 0 Å². The zero-order valence-corrected chi connectivity index (χ0v) is 9.49. The summed E-state index contributed by atoms with van der Waals surface area (Å²) in [6, 6.07) is 4.86. The van der Waals surface area contributed by atoms with E-state index in [0.717, 1.165) is 5.57 Å². The van der Waals surface area contributed by atoms with Crippen LogP contribution in [0.5, 0.6) is 0 Å². The van der Waals surface area contributed by atoms with Gasteiger partial charge in [0.25, 0.3) is 0 Å². The molecule has 1 aromatic rings. The second-order valence-corrected chi connectivity index (χ2v) is 4.03. The molecule has 0 N–H and O–H groups in total. The van der Waals surface area contributed by atoms with E-state index in [0.29, 0.717) is 15.6 Å². The number of benzene rings is 1. The summed E-state index contributed by atoms with van der Waals surface area (Å²) in [7, 11) is 0. The molecule has 1 aromatic carbocycles. The highest BCUT2D eigenvalue weighted by atomic mass is 35.5. The standard InChI is InChI=1S/C11H10Cl2O/c1-7(2)5-11(14)8-3-4-9(12)10(13)6-8/h3-6H,1-2H3. The summed E-state index contributed by atoms with van der Waals surface area (Å²) in [6.45, 7) is 3.74. The highest BCUT2D eigenvalue weighted by molar-refractivity contribution is 6.42. The van der Waals surface area contributed by atoms with Gasteiger partial charge in [-0.2, -0.15) is 0 Å². The second-order valence-electron chi connectivity index (χ2n) is 3.21. The molecule has 0 atom stereocenters. The molecule has 3 heteroatoms. The first-order valence-corrected chi connectivity index (χ1v) is 4.90. The lowest BCUT2D eigenvalue weighted by atomic mass is 10.1. The van der Waals surface area contributed by atoms with Crippen LogP contribution in [0.25, 0.3) is 0 Å². The Kier molecular flexibility index (Phi) is 3.73. The van der Waals surface area contributed by atoms with Crippen LogP contribution in [0.3, 0.4) is 0 Å². The fourth-order valence-electron chi connectivity index (χ4n) is 0.995. The maximum Gasteiger partial charge on any atom is 0.185 e. The van der Waals surface area contributed by atoms with E-state index < -0.39 is 0 Å². The van der Waals surface area contributed by atoms with Crippen LogP contribution in [0.1, 0.15) is 24.2 Å². The van der Waals surface area contributed by atoms with Crippen molar-refractivity contribution in [2.75, 3.05) is 0 Å². The summed E-state index contributed by atoms with van der Waals surface area (Å²) in [6.07, 6.45) is 1.57. The second kappa shape index (κ2) is 4.63. The number of carbonyl (C=O) groups excluding carboxylic acids is 1. The molecule has 0 aliphatic rings. The van der Waals surface area contributed by atoms with Gasteiger partial charge in [0.2, 0.25) is 0 Å². The first-order valence-electron chi connectivity index (χ1n) is 4.15. The molecule has 0 spiro atoms. The van der Waals surface area contributed by atoms with Crippen molar-refractivity contribution in [2.24, 2.45) is 0 Å². The van der Waals surface area contributed by atoms with Crippen molar-refractivity contribution in [3.05, 3.63) is 45.5 Å². The molecule has 0 unspecified atom stereocenters. The Balaban J connectivity index is 3.03. The minimum absolute atomic E-state index is 0.0523. The molecule has 0 aromatic heterocycles. The summed E-state index contributed by atoms with van der Waals surface area (Å²) in [5.41, 5.74) is 1.52. The molecule has 0 saturated heterocycles. The number of hydrogen-bond donors (Lipinski definition) is 0. The molecule has 0 radical (unpaired) electrons. The monoisotopic (exact) mass is 228 g/mol. The Bertz CT molecular complexity index is 390. The average molecular weight is 229 g/mol. The van der Waals surface area contributed by atoms with E-state index in [9.17, 15) is 4.79 Å². The van der Waals surface area contributed by atoms with Crippen molar-refractivity contribution in [3.8, 4) is 0 Å². The van der Waals surface area contributed by atoms with Crippen LogP contribution in [-0.2, 0) is 0 Å². The number of halogens is 2. The molecular weight excluding hydrogens is 219 g/mol. The topological polar surface area (TPSA) is 17.1 Å². The normalized spacial score (nSPS) is 9.71. The fraction of sp³-hybridized carbons (Fsp3) is 0.182. The molecule has 74 valence electrons. The van der Waals surface area contributed by atoms with Gasteiger partial charge in [0, 0.05) is 5.56 Å². The van der Waals surface area contributed by atoms with Gasteiger partial charge in [-0.25, -0.2) is 0 Å². The van der Waals surface area contributed by atoms with Crippen molar-refractivity contribution >= 4 is 29.0 Å². The molecule has 1 rings (SSSR count). The zero-order valence-electron chi connectivity index (χ0n) is 7.97. The van der Waals surface area contributed by atoms with Gasteiger partial charge >= 0.3 is 0 Å². The lowest BCUT2D eigenvalue weighted by molar-refractivity contribution is 0.104. The van der Waals surface area contributed by atoms with Crippen molar-refractivity contribution < 1.29 is 4.79 Å². The smallest absolute Gasteiger partial charge is 0.185 e. The summed E-state index contributed by atoms with van der Waals surface area (Å²) in [5.74, 6) is -0.0523. The van der Waals surface area contributed by atoms with Gasteiger partial charge in [-0.3, -0.25) is 4.79 Å². The molecule has 0 amide bonds. The van der Waals surface area contributed by atoms with E-state index in [1.807, 2.05) is 13.8 Å². The molecule has 1 nitrogen and oxygen atoms in total. The number of ketones is 1. The number of rotatable bonds is 2. The van der Waals surface area contributed by atoms with Crippen LogP contribution in [0, 0.1) is 0 Å². The van der Waals surface area contributed by atoms with E-state index in [1.165, 1.54) is 0 Å². The van der Waals surface area contributed by atoms with Gasteiger partial charge in [0.15, 0.2) is 5.78 Å². The minimum Gasteiger partial charge on any atom is -0.289 e. The van der Waals surface area contributed by atoms with Gasteiger partial charge in [-0.15, -0.1) is 0 Å². The summed E-state index contributed by atoms with van der Waals surface area (Å²) < 4.78 is 0. The fourth-order valence-corrected chi connectivity index (χ4v) is 1.29. The summed E-state index contributed by atoms with van der Waals surface area (Å²) >= 11 is 11.5. The van der Waals surface area contributed by atoms with Crippen LogP contribution in [0.4, 0.5) is 0 Å². The maximum atomic E-state index is 11.5. The molecule has 0 fully saturated rings. The van der Waals surface area contributed by atoms with Crippen LogP contribution < -0.4 is 0 Å². The largest absolute Gasteiger partial charge is 0.289 e. The molecule has 0 saturated carbocycles. The Labute approximate surface area is 93.3 Å². The van der Waals surface area contributed by atoms with Crippen LogP contribution >= 0.6 is 23.2 Å². The van der Waals surface area contributed by atoms with Crippen LogP contribution in [0.15, 0.2) is 29.8 Å². The molecule has 0 aliphatic heterocycles. The summed E-state index contributed by atoms with van der Waals surface area (Å²) in [5, 5.41) is 0.861. The molecule has 0 bridgehead atoms. The highest BCUT2D eigenvalue weighted by Gasteiger charge is 2.05. The van der Waals surface area contributed by atoms with Crippen LogP contribution in [-0.4, -0.2) is 5.78 Å². The third-order valence-corrected chi connectivity index (χ3v) is 2.36. The lowest BCUT2D eigenvalue weighted by Gasteiger charge is -1.99. The lowest BCUT2D eigenvalue weighted by Crippen LogP contribution is -1.94. The van der Waals surface area contributed by atoms with Crippen molar-refractivity contribution in [3.63, 3.8) is 0 Å². The van der Waals surface area contributed by atoms with Gasteiger partial charge in [0.05, 0.1) is 10.0 Å². The molecule has 0 aliphatic carbocycles. The quantitative estimate of drug-likeness (QED) is 0.550.